The Balaban J connectivity index is 3.17. The minimum Gasteiger partial charge on any atom is -0.379 e. The Hall–Kier alpha value is -0.690. The molecule has 0 heterocycles. The standard InChI is InChI=1S/C21H44N2O4/c1-19(2)9-7-5-6-8-11-23-21(24)10-13-25-15-17-27-18-16-26-14-12-22-20(3)4/h19-20,22H,5-18H2,1-4H3,(H,23,24). The molecule has 0 bridgehead atoms. The molecule has 0 aromatic heterocycles. The molecule has 6 heteroatoms. The zero-order valence-corrected chi connectivity index (χ0v) is 18.2. The molecular formula is C21H44N2O4. The molecule has 0 aliphatic heterocycles. The van der Waals surface area contributed by atoms with E-state index in [9.17, 15) is 4.79 Å². The van der Waals surface area contributed by atoms with Crippen LogP contribution >= 0.6 is 0 Å². The fraction of sp³-hybridized carbons (Fsp3) is 0.952. The summed E-state index contributed by atoms with van der Waals surface area (Å²) in [6, 6.07) is 0.489. The van der Waals surface area contributed by atoms with Crippen LogP contribution in [0, 0.1) is 5.92 Å². The lowest BCUT2D eigenvalue weighted by Gasteiger charge is -2.09. The average Bonchev–Trinajstić information content (AvgIpc) is 2.61. The molecule has 0 saturated heterocycles. The molecule has 0 unspecified atom stereocenters. The molecule has 162 valence electrons. The molecule has 0 radical (unpaired) electrons. The van der Waals surface area contributed by atoms with Crippen LogP contribution in [0.15, 0.2) is 0 Å². The third kappa shape index (κ3) is 23.3. The summed E-state index contributed by atoms with van der Waals surface area (Å²) in [4.78, 5) is 11.7. The molecule has 27 heavy (non-hydrogen) atoms. The predicted molar refractivity (Wildman–Crippen MR) is 111 cm³/mol. The van der Waals surface area contributed by atoms with Crippen LogP contribution in [0.2, 0.25) is 0 Å². The smallest absolute Gasteiger partial charge is 0.222 e. The Labute approximate surface area is 167 Å². The van der Waals surface area contributed by atoms with Gasteiger partial charge in [0.05, 0.1) is 39.6 Å². The summed E-state index contributed by atoms with van der Waals surface area (Å²) in [5.41, 5.74) is 0. The van der Waals surface area contributed by atoms with E-state index in [0.717, 1.165) is 25.4 Å². The van der Waals surface area contributed by atoms with E-state index in [0.29, 0.717) is 52.1 Å². The second-order valence-electron chi connectivity index (χ2n) is 7.64. The molecule has 0 aliphatic carbocycles. The van der Waals surface area contributed by atoms with Crippen molar-refractivity contribution >= 4 is 5.91 Å². The maximum Gasteiger partial charge on any atom is 0.222 e. The predicted octanol–water partition coefficient (Wildman–Crippen LogP) is 3.15. The number of carbonyl (C=O) groups excluding carboxylic acids is 1. The fourth-order valence-corrected chi connectivity index (χ4v) is 2.47. The molecule has 6 nitrogen and oxygen atoms in total. The van der Waals surface area contributed by atoms with Gasteiger partial charge in [-0.3, -0.25) is 4.79 Å². The number of amides is 1. The van der Waals surface area contributed by atoms with Crippen LogP contribution < -0.4 is 10.6 Å². The Morgan fingerprint density at radius 3 is 1.96 bits per heavy atom. The fourth-order valence-electron chi connectivity index (χ4n) is 2.47. The topological polar surface area (TPSA) is 68.8 Å². The van der Waals surface area contributed by atoms with Crippen molar-refractivity contribution in [2.45, 2.75) is 72.3 Å². The maximum absolute atomic E-state index is 11.7. The van der Waals surface area contributed by atoms with Crippen molar-refractivity contribution in [2.75, 3.05) is 52.7 Å². The van der Waals surface area contributed by atoms with Crippen molar-refractivity contribution in [1.29, 1.82) is 0 Å². The Morgan fingerprint density at radius 1 is 0.741 bits per heavy atom. The van der Waals surface area contributed by atoms with E-state index in [1.807, 2.05) is 0 Å². The highest BCUT2D eigenvalue weighted by Gasteiger charge is 2.01. The van der Waals surface area contributed by atoms with Crippen molar-refractivity contribution in [3.63, 3.8) is 0 Å². The van der Waals surface area contributed by atoms with Crippen LogP contribution in [-0.2, 0) is 19.0 Å². The monoisotopic (exact) mass is 388 g/mol. The first kappa shape index (κ1) is 26.3. The molecule has 0 rings (SSSR count). The Bertz CT molecular complexity index is 325. The van der Waals surface area contributed by atoms with Crippen LogP contribution in [0.4, 0.5) is 0 Å². The number of rotatable bonds is 20. The van der Waals surface area contributed by atoms with E-state index in [-0.39, 0.29) is 5.91 Å². The summed E-state index contributed by atoms with van der Waals surface area (Å²) in [6.45, 7) is 13.7. The zero-order chi connectivity index (χ0) is 20.2. The second kappa shape index (κ2) is 20.1. The summed E-state index contributed by atoms with van der Waals surface area (Å²) in [5.74, 6) is 0.863. The van der Waals surface area contributed by atoms with Crippen LogP contribution in [0.25, 0.3) is 0 Å². The summed E-state index contributed by atoms with van der Waals surface area (Å²) in [5, 5.41) is 6.24. The first-order chi connectivity index (χ1) is 13.0. The number of hydrogen-bond acceptors (Lipinski definition) is 5. The molecule has 0 aromatic carbocycles. The second-order valence-corrected chi connectivity index (χ2v) is 7.64. The Kier molecular flexibility index (Phi) is 19.5. The number of carbonyl (C=O) groups is 1. The molecule has 0 saturated carbocycles. The molecule has 0 atom stereocenters. The minimum atomic E-state index is 0.0708. The van der Waals surface area contributed by atoms with Crippen LogP contribution in [0.1, 0.15) is 66.2 Å². The summed E-state index contributed by atoms with van der Waals surface area (Å²) in [6.07, 6.45) is 6.53. The van der Waals surface area contributed by atoms with E-state index in [1.165, 1.54) is 25.7 Å². The van der Waals surface area contributed by atoms with Crippen LogP contribution in [-0.4, -0.2) is 64.7 Å². The largest absolute Gasteiger partial charge is 0.379 e. The zero-order valence-electron chi connectivity index (χ0n) is 18.2. The van der Waals surface area contributed by atoms with Gasteiger partial charge >= 0.3 is 0 Å². The van der Waals surface area contributed by atoms with Gasteiger partial charge < -0.3 is 24.8 Å². The van der Waals surface area contributed by atoms with Gasteiger partial charge in [-0.2, -0.15) is 0 Å². The number of nitrogens with one attached hydrogen (secondary N) is 2. The van der Waals surface area contributed by atoms with Gasteiger partial charge in [-0.1, -0.05) is 53.4 Å². The lowest BCUT2D eigenvalue weighted by molar-refractivity contribution is -0.122. The minimum absolute atomic E-state index is 0.0708. The molecule has 0 fully saturated rings. The first-order valence-corrected chi connectivity index (χ1v) is 10.8. The van der Waals surface area contributed by atoms with E-state index in [2.05, 4.69) is 38.3 Å². The molecule has 0 aromatic rings. The van der Waals surface area contributed by atoms with Crippen LogP contribution in [0.5, 0.6) is 0 Å². The van der Waals surface area contributed by atoms with E-state index >= 15 is 0 Å². The van der Waals surface area contributed by atoms with Gasteiger partial charge in [-0.05, 0) is 12.3 Å². The van der Waals surface area contributed by atoms with Gasteiger partial charge in [0, 0.05) is 25.6 Å². The van der Waals surface area contributed by atoms with Crippen molar-refractivity contribution < 1.29 is 19.0 Å². The lowest BCUT2D eigenvalue weighted by Crippen LogP contribution is -2.27. The van der Waals surface area contributed by atoms with Gasteiger partial charge in [0.15, 0.2) is 0 Å². The van der Waals surface area contributed by atoms with Crippen molar-refractivity contribution in [2.24, 2.45) is 5.92 Å². The highest BCUT2D eigenvalue weighted by atomic mass is 16.5. The summed E-state index contributed by atoms with van der Waals surface area (Å²) >= 11 is 0. The van der Waals surface area contributed by atoms with Crippen molar-refractivity contribution in [1.82, 2.24) is 10.6 Å². The number of hydrogen-bond donors (Lipinski definition) is 2. The SMILES string of the molecule is CC(C)CCCCCCNC(=O)CCOCCOCCOCCNC(C)C. The molecule has 0 aliphatic rings. The van der Waals surface area contributed by atoms with Gasteiger partial charge in [0.1, 0.15) is 0 Å². The van der Waals surface area contributed by atoms with Crippen molar-refractivity contribution in [3.05, 3.63) is 0 Å². The summed E-state index contributed by atoms with van der Waals surface area (Å²) in [7, 11) is 0. The first-order valence-electron chi connectivity index (χ1n) is 10.8. The van der Waals surface area contributed by atoms with E-state index < -0.39 is 0 Å². The van der Waals surface area contributed by atoms with Crippen molar-refractivity contribution in [3.8, 4) is 0 Å². The third-order valence-electron chi connectivity index (χ3n) is 4.05. The number of ether oxygens (including phenoxy) is 3. The van der Waals surface area contributed by atoms with E-state index in [1.54, 1.807) is 0 Å². The van der Waals surface area contributed by atoms with Gasteiger partial charge in [0.25, 0.3) is 0 Å². The van der Waals surface area contributed by atoms with Gasteiger partial charge in [0.2, 0.25) is 5.91 Å². The molecule has 2 N–H and O–H groups in total. The summed E-state index contributed by atoms with van der Waals surface area (Å²) < 4.78 is 16.3. The maximum atomic E-state index is 11.7. The molecular weight excluding hydrogens is 344 g/mol. The van der Waals surface area contributed by atoms with Crippen LogP contribution in [0.3, 0.4) is 0 Å². The average molecular weight is 389 g/mol. The lowest BCUT2D eigenvalue weighted by atomic mass is 10.0. The number of unbranched alkanes of at least 4 members (excludes halogenated alkanes) is 3. The molecule has 1 amide bonds. The third-order valence-corrected chi connectivity index (χ3v) is 4.05. The van der Waals surface area contributed by atoms with E-state index in [4.69, 9.17) is 14.2 Å². The normalized spacial score (nSPS) is 11.5. The molecule has 0 spiro atoms. The Morgan fingerprint density at radius 2 is 1.33 bits per heavy atom. The quantitative estimate of drug-likeness (QED) is 0.314. The highest BCUT2D eigenvalue weighted by Crippen LogP contribution is 2.08. The van der Waals surface area contributed by atoms with Gasteiger partial charge in [-0.25, -0.2) is 0 Å². The highest BCUT2D eigenvalue weighted by molar-refractivity contribution is 5.75. The van der Waals surface area contributed by atoms with Gasteiger partial charge in [-0.15, -0.1) is 0 Å².